The van der Waals surface area contributed by atoms with Crippen LogP contribution in [0, 0.1) is 0 Å². The molecule has 0 saturated carbocycles. The molecule has 3 nitrogen and oxygen atoms in total. The minimum absolute atomic E-state index is 0.0709. The third-order valence-corrected chi connectivity index (χ3v) is 11.7. The van der Waals surface area contributed by atoms with E-state index in [2.05, 4.69) is 155 Å². The van der Waals surface area contributed by atoms with Crippen LogP contribution in [0.3, 0.4) is 0 Å². The molecule has 1 fully saturated rings. The van der Waals surface area contributed by atoms with Crippen molar-refractivity contribution in [1.29, 1.82) is 0 Å². The Hall–Kier alpha value is -4.64. The van der Waals surface area contributed by atoms with Gasteiger partial charge in [0, 0.05) is 32.9 Å². The Labute approximate surface area is 275 Å². The molecule has 47 heavy (non-hydrogen) atoms. The van der Waals surface area contributed by atoms with Crippen LogP contribution in [0.25, 0.3) is 71.6 Å². The summed E-state index contributed by atoms with van der Waals surface area (Å²) < 4.78 is 15.4. The van der Waals surface area contributed by atoms with E-state index in [9.17, 15) is 0 Å². The number of aromatic nitrogens is 1. The molecule has 3 aliphatic rings. The molecule has 1 aliphatic carbocycles. The monoisotopic (exact) mass is 609 g/mol. The zero-order valence-corrected chi connectivity index (χ0v) is 27.7. The first-order chi connectivity index (χ1) is 22.5. The Morgan fingerprint density at radius 1 is 0.553 bits per heavy atom. The molecule has 7 aromatic rings. The molecule has 6 aromatic carbocycles. The van der Waals surface area contributed by atoms with E-state index in [-0.39, 0.29) is 16.6 Å². The fraction of sp³-hybridized carbons (Fsp3) is 0.209. The summed E-state index contributed by atoms with van der Waals surface area (Å²) in [6, 6.07) is 40.9. The number of rotatable bonds is 2. The van der Waals surface area contributed by atoms with Crippen molar-refractivity contribution < 1.29 is 9.31 Å². The second-order valence-corrected chi connectivity index (χ2v) is 15.2. The lowest BCUT2D eigenvalue weighted by Gasteiger charge is -2.32. The number of hydrogen-bond acceptors (Lipinski definition) is 2. The van der Waals surface area contributed by atoms with Crippen molar-refractivity contribution in [3.8, 4) is 39.1 Å². The summed E-state index contributed by atoms with van der Waals surface area (Å²) in [5.41, 5.74) is 14.6. The van der Waals surface area contributed by atoms with Gasteiger partial charge < -0.3 is 13.9 Å². The highest BCUT2D eigenvalue weighted by molar-refractivity contribution is 6.62. The van der Waals surface area contributed by atoms with Crippen LogP contribution in [-0.4, -0.2) is 22.9 Å². The molecule has 0 radical (unpaired) electrons. The van der Waals surface area contributed by atoms with Gasteiger partial charge in [-0.2, -0.15) is 0 Å². The van der Waals surface area contributed by atoms with E-state index in [1.165, 1.54) is 82.8 Å². The van der Waals surface area contributed by atoms with Crippen LogP contribution in [0.2, 0.25) is 0 Å². The molecule has 0 bridgehead atoms. The first kappa shape index (κ1) is 27.5. The Kier molecular flexibility index (Phi) is 5.16. The van der Waals surface area contributed by atoms with Crippen molar-refractivity contribution in [2.75, 3.05) is 0 Å². The maximum atomic E-state index is 6.44. The maximum Gasteiger partial charge on any atom is 0.494 e. The third-order valence-electron chi connectivity index (χ3n) is 11.7. The van der Waals surface area contributed by atoms with E-state index in [4.69, 9.17) is 9.31 Å². The fourth-order valence-corrected chi connectivity index (χ4v) is 8.57. The number of hydrogen-bond donors (Lipinski definition) is 0. The topological polar surface area (TPSA) is 23.4 Å². The van der Waals surface area contributed by atoms with Gasteiger partial charge in [-0.3, -0.25) is 0 Å². The van der Waals surface area contributed by atoms with E-state index in [0.717, 1.165) is 5.46 Å². The predicted octanol–water partition coefficient (Wildman–Crippen LogP) is 10.2. The van der Waals surface area contributed by atoms with Gasteiger partial charge in [-0.1, -0.05) is 111 Å². The van der Waals surface area contributed by atoms with Gasteiger partial charge in [0.25, 0.3) is 0 Å². The fourth-order valence-electron chi connectivity index (χ4n) is 8.57. The van der Waals surface area contributed by atoms with Gasteiger partial charge >= 0.3 is 7.12 Å². The summed E-state index contributed by atoms with van der Waals surface area (Å²) >= 11 is 0. The van der Waals surface area contributed by atoms with Crippen molar-refractivity contribution in [3.05, 3.63) is 120 Å². The first-order valence-corrected chi connectivity index (χ1v) is 16.8. The average molecular weight is 610 g/mol. The lowest BCUT2D eigenvalue weighted by Crippen LogP contribution is -2.41. The zero-order valence-electron chi connectivity index (χ0n) is 27.7. The van der Waals surface area contributed by atoms with Gasteiger partial charge in [0.15, 0.2) is 0 Å². The number of benzene rings is 6. The second kappa shape index (κ2) is 8.83. The minimum Gasteiger partial charge on any atom is -0.399 e. The molecule has 3 heterocycles. The number of nitrogens with zero attached hydrogens (tertiary/aromatic N) is 1. The smallest absolute Gasteiger partial charge is 0.399 e. The van der Waals surface area contributed by atoms with Gasteiger partial charge in [0.2, 0.25) is 0 Å². The van der Waals surface area contributed by atoms with E-state index >= 15 is 0 Å². The van der Waals surface area contributed by atoms with Crippen LogP contribution in [-0.2, 0) is 14.7 Å². The van der Waals surface area contributed by atoms with Crippen molar-refractivity contribution in [2.24, 2.45) is 0 Å². The SMILES string of the molecule is CC1(C)c2cccc3c2-c2c1ccc1c4ccccc4n(c21)-c1c(-c2ccc4ccc(B5OC(C)(C)C(C)(C)O5)cc4c2)cccc1-3. The quantitative estimate of drug-likeness (QED) is 0.182. The molecule has 1 saturated heterocycles. The van der Waals surface area contributed by atoms with Crippen LogP contribution in [0.1, 0.15) is 52.7 Å². The van der Waals surface area contributed by atoms with Crippen molar-refractivity contribution in [2.45, 2.75) is 58.2 Å². The highest BCUT2D eigenvalue weighted by Gasteiger charge is 2.51. The predicted molar refractivity (Wildman–Crippen MR) is 196 cm³/mol. The molecular weight excluding hydrogens is 573 g/mol. The largest absolute Gasteiger partial charge is 0.494 e. The molecule has 228 valence electrons. The van der Waals surface area contributed by atoms with Gasteiger partial charge in [-0.15, -0.1) is 0 Å². The Morgan fingerprint density at radius 3 is 2.09 bits per heavy atom. The molecule has 10 rings (SSSR count). The van der Waals surface area contributed by atoms with Crippen LogP contribution >= 0.6 is 0 Å². The van der Waals surface area contributed by atoms with E-state index in [1.807, 2.05) is 0 Å². The van der Waals surface area contributed by atoms with Crippen LogP contribution in [0.5, 0.6) is 0 Å². The molecular formula is C43H36BNO2. The van der Waals surface area contributed by atoms with Crippen molar-refractivity contribution in [3.63, 3.8) is 0 Å². The summed E-state index contributed by atoms with van der Waals surface area (Å²) in [6.45, 7) is 13.2. The summed E-state index contributed by atoms with van der Waals surface area (Å²) in [7, 11) is -0.397. The summed E-state index contributed by atoms with van der Waals surface area (Å²) in [5, 5.41) is 4.98. The summed E-state index contributed by atoms with van der Waals surface area (Å²) in [5.74, 6) is 0. The molecule has 0 spiro atoms. The zero-order chi connectivity index (χ0) is 32.0. The number of para-hydroxylation sites is 2. The Balaban J connectivity index is 1.26. The normalized spacial score (nSPS) is 17.9. The Morgan fingerprint density at radius 2 is 1.26 bits per heavy atom. The maximum absolute atomic E-state index is 6.44. The van der Waals surface area contributed by atoms with Gasteiger partial charge in [0.1, 0.15) is 0 Å². The van der Waals surface area contributed by atoms with Crippen LogP contribution in [0.4, 0.5) is 0 Å². The first-order valence-electron chi connectivity index (χ1n) is 16.8. The van der Waals surface area contributed by atoms with Crippen LogP contribution in [0.15, 0.2) is 109 Å². The molecule has 0 atom stereocenters. The second-order valence-electron chi connectivity index (χ2n) is 15.2. The minimum atomic E-state index is -0.397. The average Bonchev–Trinajstić information content (AvgIpc) is 3.56. The van der Waals surface area contributed by atoms with E-state index in [1.54, 1.807) is 0 Å². The molecule has 4 heteroatoms. The lowest BCUT2D eigenvalue weighted by molar-refractivity contribution is 0.00578. The molecule has 0 amide bonds. The van der Waals surface area contributed by atoms with Crippen molar-refractivity contribution in [1.82, 2.24) is 4.57 Å². The Bertz CT molecular complexity index is 2500. The van der Waals surface area contributed by atoms with E-state index < -0.39 is 7.12 Å². The van der Waals surface area contributed by atoms with Crippen LogP contribution < -0.4 is 5.46 Å². The molecule has 1 aromatic heterocycles. The standard InChI is InChI=1S/C43H36BNO2/c1-41(2)34-15-10-13-31-32-14-9-12-29(26-18-17-25-19-20-28(24-27(25)23-26)44-46-42(3,4)43(5,6)47-44)39(32)45-36-16-8-7-11-30(36)33-21-22-35(41)38(37(31)34)40(33)45/h7-24H,1-6H3. The summed E-state index contributed by atoms with van der Waals surface area (Å²) in [4.78, 5) is 0. The van der Waals surface area contributed by atoms with Gasteiger partial charge in [0.05, 0.1) is 27.9 Å². The van der Waals surface area contributed by atoms with Gasteiger partial charge in [-0.25, -0.2) is 0 Å². The van der Waals surface area contributed by atoms with E-state index in [0.29, 0.717) is 0 Å². The number of fused-ring (bicyclic) bond motifs is 7. The molecule has 0 N–H and O–H groups in total. The molecule has 0 unspecified atom stereocenters. The highest BCUT2D eigenvalue weighted by atomic mass is 16.7. The lowest BCUT2D eigenvalue weighted by atomic mass is 9.78. The highest BCUT2D eigenvalue weighted by Crippen LogP contribution is 2.58. The third kappa shape index (κ3) is 3.45. The molecule has 2 aliphatic heterocycles. The van der Waals surface area contributed by atoms with Gasteiger partial charge in [-0.05, 0) is 83.9 Å². The van der Waals surface area contributed by atoms with Crippen molar-refractivity contribution >= 4 is 45.2 Å². The summed E-state index contributed by atoms with van der Waals surface area (Å²) in [6.07, 6.45) is 0.